The molecular weight excluding hydrogens is 342 g/mol. The van der Waals surface area contributed by atoms with Crippen LogP contribution >= 0.6 is 0 Å². The van der Waals surface area contributed by atoms with Gasteiger partial charge in [0.2, 0.25) is 0 Å². The van der Waals surface area contributed by atoms with E-state index in [4.69, 9.17) is 13.9 Å². The van der Waals surface area contributed by atoms with Crippen molar-refractivity contribution in [1.82, 2.24) is 5.32 Å². The second-order valence-corrected chi connectivity index (χ2v) is 6.39. The van der Waals surface area contributed by atoms with E-state index in [9.17, 15) is 4.79 Å². The van der Waals surface area contributed by atoms with Gasteiger partial charge in [-0.05, 0) is 54.3 Å². The molecule has 0 radical (unpaired) electrons. The van der Waals surface area contributed by atoms with Gasteiger partial charge in [0.05, 0.1) is 14.2 Å². The van der Waals surface area contributed by atoms with Crippen molar-refractivity contribution >= 4 is 11.0 Å². The first-order valence-corrected chi connectivity index (χ1v) is 9.12. The molecule has 0 bridgehead atoms. The lowest BCUT2D eigenvalue weighted by Crippen LogP contribution is -2.18. The number of methoxy groups -OCH3 is 2. The van der Waals surface area contributed by atoms with Crippen molar-refractivity contribution in [2.24, 2.45) is 0 Å². The first-order valence-electron chi connectivity index (χ1n) is 9.12. The van der Waals surface area contributed by atoms with Gasteiger partial charge < -0.3 is 19.2 Å². The van der Waals surface area contributed by atoms with Crippen LogP contribution in [0.3, 0.4) is 0 Å². The molecule has 5 nitrogen and oxygen atoms in total. The van der Waals surface area contributed by atoms with Gasteiger partial charge in [0, 0.05) is 18.0 Å². The Hall–Kier alpha value is -2.79. The molecule has 0 fully saturated rings. The lowest BCUT2D eigenvalue weighted by atomic mass is 10.1. The zero-order valence-corrected chi connectivity index (χ0v) is 16.0. The van der Waals surface area contributed by atoms with Crippen LogP contribution in [0.4, 0.5) is 0 Å². The highest BCUT2D eigenvalue weighted by molar-refractivity contribution is 5.80. The van der Waals surface area contributed by atoms with Crippen LogP contribution < -0.4 is 20.4 Å². The molecule has 0 aliphatic rings. The first kappa shape index (κ1) is 19.0. The third-order valence-corrected chi connectivity index (χ3v) is 4.66. The summed E-state index contributed by atoms with van der Waals surface area (Å²) in [6.07, 6.45) is 1.76. The van der Waals surface area contributed by atoms with Crippen molar-refractivity contribution in [1.29, 1.82) is 0 Å². The number of aryl methyl sites for hydroxylation is 1. The van der Waals surface area contributed by atoms with Gasteiger partial charge in [-0.3, -0.25) is 0 Å². The fourth-order valence-corrected chi connectivity index (χ4v) is 3.13. The van der Waals surface area contributed by atoms with E-state index in [1.807, 2.05) is 30.3 Å². The molecule has 0 saturated heterocycles. The predicted molar refractivity (Wildman–Crippen MR) is 107 cm³/mol. The molecule has 0 atom stereocenters. The second-order valence-electron chi connectivity index (χ2n) is 6.39. The van der Waals surface area contributed by atoms with E-state index in [1.165, 1.54) is 0 Å². The van der Waals surface area contributed by atoms with Gasteiger partial charge in [-0.2, -0.15) is 0 Å². The molecule has 0 spiro atoms. The minimum atomic E-state index is -0.313. The molecule has 3 aromatic rings. The number of rotatable bonds is 8. The lowest BCUT2D eigenvalue weighted by Gasteiger charge is -2.11. The largest absolute Gasteiger partial charge is 0.493 e. The van der Waals surface area contributed by atoms with Crippen molar-refractivity contribution < 1.29 is 13.9 Å². The van der Waals surface area contributed by atoms with Crippen molar-refractivity contribution in [2.75, 3.05) is 20.8 Å². The molecule has 3 rings (SSSR count). The lowest BCUT2D eigenvalue weighted by molar-refractivity contribution is 0.354. The van der Waals surface area contributed by atoms with Gasteiger partial charge in [-0.15, -0.1) is 0 Å². The Kier molecular flexibility index (Phi) is 6.14. The Morgan fingerprint density at radius 2 is 1.74 bits per heavy atom. The quantitative estimate of drug-likeness (QED) is 0.486. The highest BCUT2D eigenvalue weighted by atomic mass is 16.5. The van der Waals surface area contributed by atoms with Crippen LogP contribution in [0.5, 0.6) is 11.5 Å². The Labute approximate surface area is 158 Å². The van der Waals surface area contributed by atoms with Gasteiger partial charge in [-0.1, -0.05) is 25.1 Å². The van der Waals surface area contributed by atoms with Crippen molar-refractivity contribution in [3.8, 4) is 11.5 Å². The molecule has 1 aromatic heterocycles. The third-order valence-electron chi connectivity index (χ3n) is 4.66. The van der Waals surface area contributed by atoms with Crippen LogP contribution in [0.2, 0.25) is 0 Å². The molecule has 0 amide bonds. The zero-order chi connectivity index (χ0) is 19.2. The van der Waals surface area contributed by atoms with Gasteiger partial charge in [-0.25, -0.2) is 4.79 Å². The second kappa shape index (κ2) is 8.73. The van der Waals surface area contributed by atoms with E-state index < -0.39 is 0 Å². The Bertz CT molecular complexity index is 978. The topological polar surface area (TPSA) is 60.7 Å². The molecule has 27 heavy (non-hydrogen) atoms. The zero-order valence-electron chi connectivity index (χ0n) is 16.0. The molecular formula is C22H25NO4. The molecule has 5 heteroatoms. The van der Waals surface area contributed by atoms with Gasteiger partial charge in [0.15, 0.2) is 11.5 Å². The number of benzene rings is 2. The summed E-state index contributed by atoms with van der Waals surface area (Å²) >= 11 is 0. The predicted octanol–water partition coefficient (Wildman–Crippen LogP) is 3.70. The van der Waals surface area contributed by atoms with Crippen LogP contribution in [-0.2, 0) is 19.4 Å². The summed E-state index contributed by atoms with van der Waals surface area (Å²) in [5.41, 5.74) is 3.61. The smallest absolute Gasteiger partial charge is 0.336 e. The van der Waals surface area contributed by atoms with Crippen molar-refractivity contribution in [3.63, 3.8) is 0 Å². The number of hydrogen-bond acceptors (Lipinski definition) is 5. The maximum atomic E-state index is 11.9. The van der Waals surface area contributed by atoms with Crippen LogP contribution in [0.25, 0.3) is 11.0 Å². The molecule has 1 N–H and O–H groups in total. The van der Waals surface area contributed by atoms with E-state index in [1.54, 1.807) is 20.3 Å². The van der Waals surface area contributed by atoms with E-state index >= 15 is 0 Å². The van der Waals surface area contributed by atoms with Gasteiger partial charge in [0.25, 0.3) is 0 Å². The molecule has 0 aliphatic heterocycles. The van der Waals surface area contributed by atoms with Crippen LogP contribution in [0.1, 0.15) is 23.6 Å². The highest BCUT2D eigenvalue weighted by Crippen LogP contribution is 2.27. The summed E-state index contributed by atoms with van der Waals surface area (Å²) in [7, 11) is 3.26. The Morgan fingerprint density at radius 1 is 0.963 bits per heavy atom. The summed E-state index contributed by atoms with van der Waals surface area (Å²) in [5, 5.41) is 4.39. The molecule has 142 valence electrons. The number of ether oxygens (including phenoxy) is 2. The van der Waals surface area contributed by atoms with Crippen LogP contribution in [0, 0.1) is 0 Å². The van der Waals surface area contributed by atoms with E-state index in [2.05, 4.69) is 18.3 Å². The monoisotopic (exact) mass is 367 g/mol. The van der Waals surface area contributed by atoms with Gasteiger partial charge in [0.1, 0.15) is 5.58 Å². The summed E-state index contributed by atoms with van der Waals surface area (Å²) in [4.78, 5) is 11.9. The average molecular weight is 367 g/mol. The third kappa shape index (κ3) is 4.49. The summed E-state index contributed by atoms with van der Waals surface area (Å²) in [6, 6.07) is 13.6. The summed E-state index contributed by atoms with van der Waals surface area (Å²) in [5.74, 6) is 1.46. The summed E-state index contributed by atoms with van der Waals surface area (Å²) < 4.78 is 16.0. The molecule has 0 saturated carbocycles. The van der Waals surface area contributed by atoms with Crippen molar-refractivity contribution in [2.45, 2.75) is 26.3 Å². The van der Waals surface area contributed by atoms with E-state index in [0.29, 0.717) is 12.1 Å². The van der Waals surface area contributed by atoms with Crippen LogP contribution in [-0.4, -0.2) is 20.8 Å². The fourth-order valence-electron chi connectivity index (χ4n) is 3.13. The van der Waals surface area contributed by atoms with E-state index in [-0.39, 0.29) is 5.63 Å². The minimum Gasteiger partial charge on any atom is -0.493 e. The summed E-state index contributed by atoms with van der Waals surface area (Å²) in [6.45, 7) is 3.48. The molecule has 1 heterocycles. The van der Waals surface area contributed by atoms with Crippen molar-refractivity contribution in [3.05, 3.63) is 69.6 Å². The molecule has 2 aromatic carbocycles. The maximum Gasteiger partial charge on any atom is 0.336 e. The van der Waals surface area contributed by atoms with E-state index in [0.717, 1.165) is 53.0 Å². The number of fused-ring (bicyclic) bond motifs is 1. The number of nitrogens with one attached hydrogen (secondary N) is 1. The number of hydrogen-bond donors (Lipinski definition) is 1. The minimum absolute atomic E-state index is 0.313. The molecule has 0 aliphatic carbocycles. The first-order chi connectivity index (χ1) is 13.1. The van der Waals surface area contributed by atoms with Gasteiger partial charge >= 0.3 is 5.63 Å². The highest BCUT2D eigenvalue weighted by Gasteiger charge is 2.07. The van der Waals surface area contributed by atoms with Crippen LogP contribution in [0.15, 0.2) is 51.7 Å². The normalized spacial score (nSPS) is 10.9. The SMILES string of the molecule is CCc1ccc2c(CNCCc3ccc(OC)c(OC)c3)cc(=O)oc2c1. The Morgan fingerprint density at radius 3 is 2.48 bits per heavy atom. The average Bonchev–Trinajstić information content (AvgIpc) is 2.70. The molecule has 0 unspecified atom stereocenters. The Balaban J connectivity index is 1.66. The maximum absolute atomic E-state index is 11.9. The standard InChI is InChI=1S/C22H25NO4/c1-4-15-5-7-18-17(13-22(24)27-20(18)11-15)14-23-10-9-16-6-8-19(25-2)21(12-16)26-3/h5-8,11-13,23H,4,9-10,14H2,1-3H3. The fraction of sp³-hybridized carbons (Fsp3) is 0.318.